The van der Waals surface area contributed by atoms with Crippen molar-refractivity contribution in [2.24, 2.45) is 0 Å². The zero-order valence-electron chi connectivity index (χ0n) is 8.70. The number of hydrogen-bond donors (Lipinski definition) is 2. The van der Waals surface area contributed by atoms with E-state index in [0.29, 0.717) is 6.54 Å². The van der Waals surface area contributed by atoms with Gasteiger partial charge in [0.1, 0.15) is 0 Å². The molecule has 1 aromatic rings. The van der Waals surface area contributed by atoms with Gasteiger partial charge in [-0.1, -0.05) is 0 Å². The van der Waals surface area contributed by atoms with E-state index in [4.69, 9.17) is 0 Å². The van der Waals surface area contributed by atoms with Gasteiger partial charge in [0.05, 0.1) is 17.6 Å². The van der Waals surface area contributed by atoms with Crippen molar-refractivity contribution in [1.82, 2.24) is 10.3 Å². The fourth-order valence-electron chi connectivity index (χ4n) is 1.77. The highest BCUT2D eigenvalue weighted by Crippen LogP contribution is 2.13. The summed E-state index contributed by atoms with van der Waals surface area (Å²) in [4.78, 5) is 3.89. The lowest BCUT2D eigenvalue weighted by Crippen LogP contribution is -2.38. The van der Waals surface area contributed by atoms with Gasteiger partial charge in [-0.3, -0.25) is 4.98 Å². The summed E-state index contributed by atoms with van der Waals surface area (Å²) in [5, 5.41) is 12.6. The predicted molar refractivity (Wildman–Crippen MR) is 59.5 cm³/mol. The maximum atomic E-state index is 11.3. The number of pyridine rings is 1. The molecule has 0 amide bonds. The predicted octanol–water partition coefficient (Wildman–Crippen LogP) is -0.671. The van der Waals surface area contributed by atoms with Crippen LogP contribution in [0.15, 0.2) is 24.5 Å². The van der Waals surface area contributed by atoms with E-state index in [-0.39, 0.29) is 17.5 Å². The topological polar surface area (TPSA) is 79.3 Å². The molecule has 0 unspecified atom stereocenters. The summed E-state index contributed by atoms with van der Waals surface area (Å²) in [6, 6.07) is 3.34. The Morgan fingerprint density at radius 3 is 2.62 bits per heavy atom. The van der Waals surface area contributed by atoms with Crippen molar-refractivity contribution in [1.29, 1.82) is 0 Å². The van der Waals surface area contributed by atoms with E-state index in [9.17, 15) is 13.5 Å². The normalized spacial score (nSPS) is 28.1. The Labute approximate surface area is 94.4 Å². The number of nitrogens with one attached hydrogen (secondary N) is 1. The van der Waals surface area contributed by atoms with Crippen LogP contribution in [0.3, 0.4) is 0 Å². The molecule has 1 saturated heterocycles. The largest absolute Gasteiger partial charge is 0.390 e. The zero-order valence-corrected chi connectivity index (χ0v) is 9.52. The first-order valence-corrected chi connectivity index (χ1v) is 6.90. The van der Waals surface area contributed by atoms with Gasteiger partial charge in [-0.05, 0) is 17.7 Å². The molecule has 2 rings (SSSR count). The number of aromatic nitrogens is 1. The monoisotopic (exact) mass is 242 g/mol. The molecule has 0 spiro atoms. The molecule has 0 saturated carbocycles. The van der Waals surface area contributed by atoms with Crippen LogP contribution >= 0.6 is 0 Å². The van der Waals surface area contributed by atoms with Crippen LogP contribution in [0, 0.1) is 0 Å². The highest BCUT2D eigenvalue weighted by atomic mass is 32.2. The van der Waals surface area contributed by atoms with Gasteiger partial charge in [-0.25, -0.2) is 8.42 Å². The SMILES string of the molecule is O=S1(=O)C[C@@H](O)[C@H](NCc2ccncc2)C1. The summed E-state index contributed by atoms with van der Waals surface area (Å²) in [6.07, 6.45) is 2.56. The standard InChI is InChI=1S/C10H14N2O3S/c13-10-7-16(14,15)6-9(10)12-5-8-1-3-11-4-2-8/h1-4,9-10,12-13H,5-7H2/t9-,10-/m1/s1. The number of hydrogen-bond acceptors (Lipinski definition) is 5. The van der Waals surface area contributed by atoms with Crippen LogP contribution in [-0.4, -0.2) is 42.2 Å². The van der Waals surface area contributed by atoms with E-state index in [2.05, 4.69) is 10.3 Å². The maximum absolute atomic E-state index is 11.3. The van der Waals surface area contributed by atoms with Gasteiger partial charge in [0.25, 0.3) is 0 Å². The summed E-state index contributed by atoms with van der Waals surface area (Å²) >= 11 is 0. The van der Waals surface area contributed by atoms with Crippen molar-refractivity contribution >= 4 is 9.84 Å². The smallest absolute Gasteiger partial charge is 0.154 e. The van der Waals surface area contributed by atoms with Crippen molar-refractivity contribution in [3.8, 4) is 0 Å². The molecule has 16 heavy (non-hydrogen) atoms. The van der Waals surface area contributed by atoms with Gasteiger partial charge in [-0.2, -0.15) is 0 Å². The maximum Gasteiger partial charge on any atom is 0.154 e. The van der Waals surface area contributed by atoms with Crippen molar-refractivity contribution < 1.29 is 13.5 Å². The minimum atomic E-state index is -3.07. The fraction of sp³-hybridized carbons (Fsp3) is 0.500. The van der Waals surface area contributed by atoms with Crippen LogP contribution < -0.4 is 5.32 Å². The molecule has 1 aliphatic heterocycles. The third-order valence-electron chi connectivity index (χ3n) is 2.64. The van der Waals surface area contributed by atoms with Crippen LogP contribution in [0.2, 0.25) is 0 Å². The van der Waals surface area contributed by atoms with Gasteiger partial charge in [0.2, 0.25) is 0 Å². The Balaban J connectivity index is 1.92. The van der Waals surface area contributed by atoms with E-state index < -0.39 is 15.9 Å². The van der Waals surface area contributed by atoms with Crippen LogP contribution in [-0.2, 0) is 16.4 Å². The average molecular weight is 242 g/mol. The third kappa shape index (κ3) is 2.78. The van der Waals surface area contributed by atoms with Crippen molar-refractivity contribution in [3.63, 3.8) is 0 Å². The second-order valence-electron chi connectivity index (χ2n) is 3.99. The molecule has 2 atom stereocenters. The summed E-state index contributed by atoms with van der Waals surface area (Å²) in [7, 11) is -3.07. The van der Waals surface area contributed by atoms with Gasteiger partial charge in [0, 0.05) is 25.0 Å². The van der Waals surface area contributed by atoms with Crippen LogP contribution in [0.5, 0.6) is 0 Å². The molecule has 1 aliphatic rings. The van der Waals surface area contributed by atoms with Gasteiger partial charge in [0.15, 0.2) is 9.84 Å². The van der Waals surface area contributed by atoms with Crippen LogP contribution in [0.25, 0.3) is 0 Å². The molecule has 2 N–H and O–H groups in total. The lowest BCUT2D eigenvalue weighted by atomic mass is 10.2. The number of sulfone groups is 1. The Morgan fingerprint density at radius 1 is 1.38 bits per heavy atom. The lowest BCUT2D eigenvalue weighted by molar-refractivity contribution is 0.165. The zero-order chi connectivity index (χ0) is 11.6. The molecule has 0 bridgehead atoms. The minimum absolute atomic E-state index is 0.0131. The molecule has 1 fully saturated rings. The number of aliphatic hydroxyl groups is 1. The first-order valence-electron chi connectivity index (χ1n) is 5.07. The van der Waals surface area contributed by atoms with E-state index in [1.165, 1.54) is 0 Å². The van der Waals surface area contributed by atoms with Gasteiger partial charge in [-0.15, -0.1) is 0 Å². The van der Waals surface area contributed by atoms with E-state index in [0.717, 1.165) is 5.56 Å². The molecule has 6 heteroatoms. The molecule has 5 nitrogen and oxygen atoms in total. The number of nitrogens with zero attached hydrogens (tertiary/aromatic N) is 1. The van der Waals surface area contributed by atoms with Gasteiger partial charge < -0.3 is 10.4 Å². The molecular weight excluding hydrogens is 228 g/mol. The van der Waals surface area contributed by atoms with E-state index >= 15 is 0 Å². The average Bonchev–Trinajstić information content (AvgIpc) is 2.50. The number of rotatable bonds is 3. The molecule has 1 aromatic heterocycles. The van der Waals surface area contributed by atoms with Crippen LogP contribution in [0.1, 0.15) is 5.56 Å². The van der Waals surface area contributed by atoms with Crippen molar-refractivity contribution in [2.45, 2.75) is 18.7 Å². The van der Waals surface area contributed by atoms with E-state index in [1.807, 2.05) is 12.1 Å². The minimum Gasteiger partial charge on any atom is -0.390 e. The first-order chi connectivity index (χ1) is 7.57. The molecule has 2 heterocycles. The summed E-state index contributed by atoms with van der Waals surface area (Å²) < 4.78 is 22.5. The highest BCUT2D eigenvalue weighted by molar-refractivity contribution is 7.91. The second-order valence-corrected chi connectivity index (χ2v) is 6.14. The first kappa shape index (κ1) is 11.5. The van der Waals surface area contributed by atoms with Crippen molar-refractivity contribution in [3.05, 3.63) is 30.1 Å². The third-order valence-corrected chi connectivity index (χ3v) is 4.36. The molecule has 88 valence electrons. The second kappa shape index (κ2) is 4.48. The van der Waals surface area contributed by atoms with Crippen molar-refractivity contribution in [2.75, 3.05) is 11.5 Å². The molecular formula is C10H14N2O3S. The highest BCUT2D eigenvalue weighted by Gasteiger charge is 2.35. The number of aliphatic hydroxyl groups excluding tert-OH is 1. The fourth-order valence-corrected chi connectivity index (χ4v) is 3.55. The quantitative estimate of drug-likeness (QED) is 0.735. The Hall–Kier alpha value is -0.980. The van der Waals surface area contributed by atoms with Gasteiger partial charge >= 0.3 is 0 Å². The summed E-state index contributed by atoms with van der Waals surface area (Å²) in [6.45, 7) is 0.541. The van der Waals surface area contributed by atoms with Crippen LogP contribution in [0.4, 0.5) is 0 Å². The molecule has 0 aromatic carbocycles. The Kier molecular flexibility index (Phi) is 3.22. The summed E-state index contributed by atoms with van der Waals surface area (Å²) in [5.41, 5.74) is 1.02. The Morgan fingerprint density at radius 2 is 2.06 bits per heavy atom. The molecule has 0 aliphatic carbocycles. The van der Waals surface area contributed by atoms with E-state index in [1.54, 1.807) is 12.4 Å². The Bertz CT molecular complexity index is 446. The summed E-state index contributed by atoms with van der Waals surface area (Å²) in [5.74, 6) is -0.125. The molecule has 0 radical (unpaired) electrons. The lowest BCUT2D eigenvalue weighted by Gasteiger charge is -2.14.